The number of allylic oxidation sites excluding steroid dienone is 2. The third-order valence-electron chi connectivity index (χ3n) is 7.62. The van der Waals surface area contributed by atoms with E-state index in [0.717, 1.165) is 63.7 Å². The lowest BCUT2D eigenvalue weighted by Gasteiger charge is -2.23. The largest absolute Gasteiger partial charge is 0.358 e. The Morgan fingerprint density at radius 3 is 2.74 bits per heavy atom. The maximum Gasteiger partial charge on any atom is 0.159 e. The number of pyridine rings is 2. The molecular weight excluding hydrogens is 527 g/mol. The Labute approximate surface area is 243 Å². The molecule has 0 unspecified atom stereocenters. The maximum absolute atomic E-state index is 14.0. The molecule has 0 bridgehead atoms. The Morgan fingerprint density at radius 1 is 1.10 bits per heavy atom. The number of hydrogen-bond donors (Lipinski definition) is 4. The molecule has 1 aliphatic heterocycles. The van der Waals surface area contributed by atoms with Gasteiger partial charge in [-0.1, -0.05) is 31.4 Å². The van der Waals surface area contributed by atoms with Gasteiger partial charge in [0.25, 0.3) is 0 Å². The van der Waals surface area contributed by atoms with Crippen LogP contribution in [0.1, 0.15) is 31.7 Å². The van der Waals surface area contributed by atoms with E-state index in [0.29, 0.717) is 28.5 Å². The molecule has 5 heterocycles. The Bertz CT molecular complexity index is 1890. The molecule has 5 aromatic rings. The molecule has 42 heavy (non-hydrogen) atoms. The summed E-state index contributed by atoms with van der Waals surface area (Å²) in [6.07, 6.45) is 14.2. The molecule has 0 aliphatic carbocycles. The van der Waals surface area contributed by atoms with Crippen LogP contribution in [0.3, 0.4) is 0 Å². The first kappa shape index (κ1) is 27.3. The molecule has 0 radical (unpaired) electrons. The summed E-state index contributed by atoms with van der Waals surface area (Å²) in [4.78, 5) is 17.0. The Balaban J connectivity index is 1.31. The fourth-order valence-corrected chi connectivity index (χ4v) is 5.45. The molecular formula is C33H33FN8. The molecule has 1 fully saturated rings. The van der Waals surface area contributed by atoms with Crippen LogP contribution in [0.2, 0.25) is 0 Å². The van der Waals surface area contributed by atoms with Crippen molar-refractivity contribution in [2.24, 2.45) is 5.92 Å². The number of fused-ring (bicyclic) bond motifs is 1. The lowest BCUT2D eigenvalue weighted by atomic mass is 9.93. The predicted molar refractivity (Wildman–Crippen MR) is 167 cm³/mol. The maximum atomic E-state index is 14.0. The van der Waals surface area contributed by atoms with E-state index in [9.17, 15) is 4.39 Å². The lowest BCUT2D eigenvalue weighted by molar-refractivity contribution is 0.373. The molecule has 1 aliphatic rings. The van der Waals surface area contributed by atoms with Crippen molar-refractivity contribution in [3.63, 3.8) is 0 Å². The monoisotopic (exact) mass is 560 g/mol. The van der Waals surface area contributed by atoms with Crippen molar-refractivity contribution in [1.82, 2.24) is 35.5 Å². The summed E-state index contributed by atoms with van der Waals surface area (Å²) in [7, 11) is 0. The molecule has 4 aromatic heterocycles. The summed E-state index contributed by atoms with van der Waals surface area (Å²) in [6.45, 7) is 12.7. The number of nitrogens with zero attached hydrogens (tertiary/aromatic N) is 4. The number of aromatic amines is 2. The topological polar surface area (TPSA) is 107 Å². The first-order valence-electron chi connectivity index (χ1n) is 14.1. The van der Waals surface area contributed by atoms with Crippen LogP contribution < -0.4 is 21.2 Å². The summed E-state index contributed by atoms with van der Waals surface area (Å²) in [5, 5.41) is 16.2. The van der Waals surface area contributed by atoms with E-state index in [4.69, 9.17) is 4.98 Å². The van der Waals surface area contributed by atoms with E-state index >= 15 is 0 Å². The van der Waals surface area contributed by atoms with Crippen molar-refractivity contribution >= 4 is 34.4 Å². The lowest BCUT2D eigenvalue weighted by Crippen LogP contribution is -2.28. The zero-order valence-electron chi connectivity index (χ0n) is 23.5. The van der Waals surface area contributed by atoms with Crippen molar-refractivity contribution in [1.29, 1.82) is 0 Å². The number of H-pyrrole nitrogens is 2. The highest BCUT2D eigenvalue weighted by Gasteiger charge is 2.16. The van der Waals surface area contributed by atoms with Crippen LogP contribution in [0.4, 0.5) is 10.1 Å². The van der Waals surface area contributed by atoms with Crippen molar-refractivity contribution in [3.05, 3.63) is 95.9 Å². The normalized spacial score (nSPS) is 14.9. The summed E-state index contributed by atoms with van der Waals surface area (Å²) in [5.74, 6) is 0.903. The van der Waals surface area contributed by atoms with Gasteiger partial charge in [0.2, 0.25) is 0 Å². The quantitative estimate of drug-likeness (QED) is 0.209. The molecule has 1 aromatic carbocycles. The number of anilines is 1. The van der Waals surface area contributed by atoms with Crippen LogP contribution in [-0.4, -0.2) is 43.2 Å². The second kappa shape index (κ2) is 11.9. The number of aromatic nitrogens is 6. The molecule has 212 valence electrons. The van der Waals surface area contributed by atoms with E-state index in [-0.39, 0.29) is 5.82 Å². The smallest absolute Gasteiger partial charge is 0.159 e. The zero-order chi connectivity index (χ0) is 29.1. The number of imidazole rings is 1. The van der Waals surface area contributed by atoms with Gasteiger partial charge in [-0.05, 0) is 80.6 Å². The molecule has 9 heteroatoms. The van der Waals surface area contributed by atoms with Gasteiger partial charge in [0, 0.05) is 34.4 Å². The van der Waals surface area contributed by atoms with Gasteiger partial charge in [0.1, 0.15) is 11.5 Å². The Morgan fingerprint density at radius 2 is 1.93 bits per heavy atom. The molecule has 8 nitrogen and oxygen atoms in total. The van der Waals surface area contributed by atoms with E-state index in [1.165, 1.54) is 25.0 Å². The first-order chi connectivity index (χ1) is 20.5. The van der Waals surface area contributed by atoms with Crippen LogP contribution in [0.5, 0.6) is 0 Å². The minimum absolute atomic E-state index is 0.314. The van der Waals surface area contributed by atoms with E-state index in [2.05, 4.69) is 48.9 Å². The van der Waals surface area contributed by atoms with Crippen molar-refractivity contribution < 1.29 is 4.39 Å². The standard InChI is InChI=1S/C33H33FN8/c1-4-29-27(12-20(2)24-15-26(17-36-16-24)38-21(3)13-22-8-10-35-11-9-22)32(42-41-29)33-39-30-19-37-18-28(31(30)40-33)23-6-5-7-25(34)14-23/h4-7,12,14-19,22,35,38,41H,2-3,8-11,13H2,1H3,(H,39,40)/b27-12+,29-4+. The number of nitrogens with one attached hydrogen (secondary N) is 4. The Kier molecular flexibility index (Phi) is 7.74. The molecule has 4 N–H and O–H groups in total. The number of rotatable bonds is 8. The van der Waals surface area contributed by atoms with Gasteiger partial charge >= 0.3 is 0 Å². The molecule has 0 saturated carbocycles. The van der Waals surface area contributed by atoms with Gasteiger partial charge in [-0.15, -0.1) is 0 Å². The summed E-state index contributed by atoms with van der Waals surface area (Å²) in [6, 6.07) is 8.45. The van der Waals surface area contributed by atoms with Crippen molar-refractivity contribution in [2.45, 2.75) is 26.2 Å². The minimum atomic E-state index is -0.314. The second-order valence-corrected chi connectivity index (χ2v) is 10.6. The third kappa shape index (κ3) is 5.77. The van der Waals surface area contributed by atoms with E-state index < -0.39 is 0 Å². The summed E-state index contributed by atoms with van der Waals surface area (Å²) in [5.41, 5.74) is 7.03. The van der Waals surface area contributed by atoms with Gasteiger partial charge in [-0.3, -0.25) is 15.1 Å². The second-order valence-electron chi connectivity index (χ2n) is 10.6. The SMILES string of the molecule is C=C(CC1CCNCC1)Nc1cncc(C(=C)/C=c2/c(-c3nc4c(-c5cccc(F)c5)cncc4[nH]3)n[nH]/c2=C/C)c1. The Hall–Kier alpha value is -4.89. The van der Waals surface area contributed by atoms with Crippen LogP contribution in [0.15, 0.2) is 74.0 Å². The number of halogens is 1. The average Bonchev–Trinajstić information content (AvgIpc) is 3.61. The first-order valence-corrected chi connectivity index (χ1v) is 14.1. The highest BCUT2D eigenvalue weighted by molar-refractivity contribution is 5.93. The third-order valence-corrected chi connectivity index (χ3v) is 7.62. The number of benzene rings is 1. The highest BCUT2D eigenvalue weighted by Crippen LogP contribution is 2.28. The number of hydrogen-bond acceptors (Lipinski definition) is 6. The van der Waals surface area contributed by atoms with E-state index in [1.807, 2.05) is 31.2 Å². The van der Waals surface area contributed by atoms with E-state index in [1.54, 1.807) is 30.9 Å². The summed E-state index contributed by atoms with van der Waals surface area (Å²) >= 11 is 0. The number of piperidine rings is 1. The molecule has 0 atom stereocenters. The zero-order valence-corrected chi connectivity index (χ0v) is 23.5. The van der Waals surface area contributed by atoms with Crippen LogP contribution >= 0.6 is 0 Å². The molecule has 1 saturated heterocycles. The van der Waals surface area contributed by atoms with Crippen molar-refractivity contribution in [2.75, 3.05) is 18.4 Å². The van der Waals surface area contributed by atoms with Gasteiger partial charge < -0.3 is 15.6 Å². The average molecular weight is 561 g/mol. The van der Waals surface area contributed by atoms with Crippen LogP contribution in [-0.2, 0) is 0 Å². The summed E-state index contributed by atoms with van der Waals surface area (Å²) < 4.78 is 14.0. The minimum Gasteiger partial charge on any atom is -0.358 e. The van der Waals surface area contributed by atoms with Gasteiger partial charge in [-0.25, -0.2) is 9.37 Å². The fraction of sp³-hybridized carbons (Fsp3) is 0.212. The fourth-order valence-electron chi connectivity index (χ4n) is 5.45. The predicted octanol–water partition coefficient (Wildman–Crippen LogP) is 5.16. The molecule has 0 spiro atoms. The molecule has 6 rings (SSSR count). The van der Waals surface area contributed by atoms with Crippen LogP contribution in [0.25, 0.3) is 51.4 Å². The highest BCUT2D eigenvalue weighted by atomic mass is 19.1. The van der Waals surface area contributed by atoms with Gasteiger partial charge in [0.05, 0.1) is 34.5 Å². The van der Waals surface area contributed by atoms with Crippen LogP contribution in [0, 0.1) is 11.7 Å². The van der Waals surface area contributed by atoms with Gasteiger partial charge in [0.15, 0.2) is 5.82 Å². The van der Waals surface area contributed by atoms with Gasteiger partial charge in [-0.2, -0.15) is 5.10 Å². The van der Waals surface area contributed by atoms with Crippen molar-refractivity contribution in [3.8, 4) is 22.6 Å². The molecule has 0 amide bonds.